The Labute approximate surface area is 134 Å². The number of nitrogens with zero attached hydrogens (tertiary/aromatic N) is 1. The molecule has 1 heterocycles. The highest BCUT2D eigenvalue weighted by molar-refractivity contribution is 5.76. The van der Waals surface area contributed by atoms with Gasteiger partial charge in [-0.1, -0.05) is 12.1 Å². The number of hydrogen-bond donors (Lipinski definition) is 0. The SMILES string of the molecule is CCN(CC1CCOC1)C(=O)CCc1ccc(C(F)(F)F)cc1. The second-order valence-electron chi connectivity index (χ2n) is 5.86. The van der Waals surface area contributed by atoms with Gasteiger partial charge in [-0.15, -0.1) is 0 Å². The number of benzene rings is 1. The first kappa shape index (κ1) is 17.8. The molecule has 0 bridgehead atoms. The predicted molar refractivity (Wildman–Crippen MR) is 80.9 cm³/mol. The molecule has 1 unspecified atom stereocenters. The van der Waals surface area contributed by atoms with Crippen molar-refractivity contribution >= 4 is 5.91 Å². The van der Waals surface area contributed by atoms with Gasteiger partial charge >= 0.3 is 6.18 Å². The Hall–Kier alpha value is -1.56. The highest BCUT2D eigenvalue weighted by Crippen LogP contribution is 2.29. The molecule has 1 aromatic rings. The number of amides is 1. The van der Waals surface area contributed by atoms with E-state index < -0.39 is 11.7 Å². The van der Waals surface area contributed by atoms with Crippen LogP contribution in [0.15, 0.2) is 24.3 Å². The van der Waals surface area contributed by atoms with Crippen LogP contribution in [0.25, 0.3) is 0 Å². The molecule has 0 aliphatic carbocycles. The van der Waals surface area contributed by atoms with Crippen molar-refractivity contribution in [3.05, 3.63) is 35.4 Å². The van der Waals surface area contributed by atoms with E-state index in [1.165, 1.54) is 12.1 Å². The van der Waals surface area contributed by atoms with Gasteiger partial charge in [0.25, 0.3) is 0 Å². The van der Waals surface area contributed by atoms with E-state index in [-0.39, 0.29) is 5.91 Å². The maximum atomic E-state index is 12.5. The van der Waals surface area contributed by atoms with Gasteiger partial charge in [0.1, 0.15) is 0 Å². The standard InChI is InChI=1S/C17H22F3NO2/c1-2-21(11-14-9-10-23-12-14)16(22)8-5-13-3-6-15(7-4-13)17(18,19)20/h3-4,6-7,14H,2,5,8-12H2,1H3. The van der Waals surface area contributed by atoms with Crippen molar-refractivity contribution < 1.29 is 22.7 Å². The minimum absolute atomic E-state index is 0.0410. The van der Waals surface area contributed by atoms with E-state index in [9.17, 15) is 18.0 Å². The molecule has 0 saturated carbocycles. The first-order valence-electron chi connectivity index (χ1n) is 7.91. The van der Waals surface area contributed by atoms with Gasteiger partial charge in [-0.2, -0.15) is 13.2 Å². The Morgan fingerprint density at radius 3 is 2.52 bits per heavy atom. The molecule has 6 heteroatoms. The summed E-state index contributed by atoms with van der Waals surface area (Å²) in [7, 11) is 0. The fourth-order valence-corrected chi connectivity index (χ4v) is 2.72. The molecule has 1 aliphatic heterocycles. The maximum Gasteiger partial charge on any atom is 0.416 e. The van der Waals surface area contributed by atoms with Crippen molar-refractivity contribution in [2.75, 3.05) is 26.3 Å². The van der Waals surface area contributed by atoms with Gasteiger partial charge in [0.05, 0.1) is 12.2 Å². The van der Waals surface area contributed by atoms with Gasteiger partial charge in [-0.3, -0.25) is 4.79 Å². The van der Waals surface area contributed by atoms with Crippen LogP contribution in [-0.4, -0.2) is 37.1 Å². The summed E-state index contributed by atoms with van der Waals surface area (Å²) in [6, 6.07) is 5.01. The molecule has 0 aromatic heterocycles. The van der Waals surface area contributed by atoms with E-state index in [4.69, 9.17) is 4.74 Å². The third-order valence-corrected chi connectivity index (χ3v) is 4.15. The predicted octanol–water partition coefficient (Wildman–Crippen LogP) is 3.52. The van der Waals surface area contributed by atoms with Crippen molar-refractivity contribution in [1.82, 2.24) is 4.90 Å². The highest BCUT2D eigenvalue weighted by Gasteiger charge is 2.30. The molecule has 23 heavy (non-hydrogen) atoms. The van der Waals surface area contributed by atoms with E-state index in [2.05, 4.69) is 0 Å². The number of halogens is 3. The van der Waals surface area contributed by atoms with Gasteiger partial charge < -0.3 is 9.64 Å². The molecular formula is C17H22F3NO2. The number of carbonyl (C=O) groups excluding carboxylic acids is 1. The van der Waals surface area contributed by atoms with Crippen LogP contribution in [0.5, 0.6) is 0 Å². The zero-order valence-electron chi connectivity index (χ0n) is 13.2. The van der Waals surface area contributed by atoms with Gasteiger partial charge in [0, 0.05) is 32.0 Å². The summed E-state index contributed by atoms with van der Waals surface area (Å²) in [6.45, 7) is 4.72. The lowest BCUT2D eigenvalue weighted by Gasteiger charge is -2.23. The topological polar surface area (TPSA) is 29.5 Å². The number of carbonyl (C=O) groups is 1. The molecule has 128 valence electrons. The summed E-state index contributed by atoms with van der Waals surface area (Å²) in [5.74, 6) is 0.435. The molecule has 3 nitrogen and oxygen atoms in total. The molecule has 1 fully saturated rings. The molecule has 1 aliphatic rings. The van der Waals surface area contributed by atoms with E-state index in [0.717, 1.165) is 30.7 Å². The number of hydrogen-bond acceptors (Lipinski definition) is 2. The minimum atomic E-state index is -4.32. The van der Waals surface area contributed by atoms with Gasteiger partial charge in [-0.25, -0.2) is 0 Å². The molecule has 1 amide bonds. The third kappa shape index (κ3) is 5.23. The third-order valence-electron chi connectivity index (χ3n) is 4.15. The van der Waals surface area contributed by atoms with Gasteiger partial charge in [-0.05, 0) is 37.5 Å². The molecule has 1 saturated heterocycles. The molecule has 0 radical (unpaired) electrons. The second-order valence-corrected chi connectivity index (χ2v) is 5.86. The summed E-state index contributed by atoms with van der Waals surface area (Å²) in [4.78, 5) is 14.1. The first-order valence-corrected chi connectivity index (χ1v) is 7.91. The number of rotatable bonds is 6. The quantitative estimate of drug-likeness (QED) is 0.799. The van der Waals surface area contributed by atoms with Crippen LogP contribution >= 0.6 is 0 Å². The van der Waals surface area contributed by atoms with Gasteiger partial charge in [0.15, 0.2) is 0 Å². The van der Waals surface area contributed by atoms with Crippen molar-refractivity contribution in [3.63, 3.8) is 0 Å². The smallest absolute Gasteiger partial charge is 0.381 e. The fraction of sp³-hybridized carbons (Fsp3) is 0.588. The molecule has 0 N–H and O–H groups in total. The minimum Gasteiger partial charge on any atom is -0.381 e. The van der Waals surface area contributed by atoms with Crippen molar-refractivity contribution in [1.29, 1.82) is 0 Å². The lowest BCUT2D eigenvalue weighted by Crippen LogP contribution is -2.35. The van der Waals surface area contributed by atoms with E-state index >= 15 is 0 Å². The van der Waals surface area contributed by atoms with Crippen LogP contribution in [0.3, 0.4) is 0 Å². The maximum absolute atomic E-state index is 12.5. The Bertz CT molecular complexity index is 508. The monoisotopic (exact) mass is 329 g/mol. The molecule has 0 spiro atoms. The van der Waals surface area contributed by atoms with Crippen LogP contribution < -0.4 is 0 Å². The molecule has 1 atom stereocenters. The summed E-state index contributed by atoms with van der Waals surface area (Å²) < 4.78 is 42.8. The van der Waals surface area contributed by atoms with Crippen LogP contribution in [0.2, 0.25) is 0 Å². The number of alkyl halides is 3. The summed E-state index contributed by atoms with van der Waals surface area (Å²) in [5, 5.41) is 0. The largest absolute Gasteiger partial charge is 0.416 e. The van der Waals surface area contributed by atoms with Crippen LogP contribution in [-0.2, 0) is 22.1 Å². The first-order chi connectivity index (χ1) is 10.9. The Kier molecular flexibility index (Phi) is 6.04. The van der Waals surface area contributed by atoms with Crippen LogP contribution in [0, 0.1) is 5.92 Å². The zero-order chi connectivity index (χ0) is 16.9. The summed E-state index contributed by atoms with van der Waals surface area (Å²) in [5.41, 5.74) is 0.0793. The summed E-state index contributed by atoms with van der Waals surface area (Å²) in [6.07, 6.45) is -2.58. The van der Waals surface area contributed by atoms with E-state index in [1.807, 2.05) is 11.8 Å². The lowest BCUT2D eigenvalue weighted by molar-refractivity contribution is -0.137. The molecule has 2 rings (SSSR count). The fourth-order valence-electron chi connectivity index (χ4n) is 2.72. The van der Waals surface area contributed by atoms with E-state index in [1.54, 1.807) is 0 Å². The average Bonchev–Trinajstić information content (AvgIpc) is 3.03. The summed E-state index contributed by atoms with van der Waals surface area (Å²) >= 11 is 0. The van der Waals surface area contributed by atoms with Crippen molar-refractivity contribution in [3.8, 4) is 0 Å². The molecule has 1 aromatic carbocycles. The Balaban J connectivity index is 1.84. The Morgan fingerprint density at radius 2 is 2.00 bits per heavy atom. The van der Waals surface area contributed by atoms with Crippen molar-refractivity contribution in [2.45, 2.75) is 32.4 Å². The number of ether oxygens (including phenoxy) is 1. The Morgan fingerprint density at radius 1 is 1.30 bits per heavy atom. The van der Waals surface area contributed by atoms with Crippen molar-refractivity contribution in [2.24, 2.45) is 5.92 Å². The van der Waals surface area contributed by atoms with Crippen LogP contribution in [0.4, 0.5) is 13.2 Å². The highest BCUT2D eigenvalue weighted by atomic mass is 19.4. The van der Waals surface area contributed by atoms with Crippen LogP contribution in [0.1, 0.15) is 30.9 Å². The number of aryl methyl sites for hydroxylation is 1. The lowest BCUT2D eigenvalue weighted by atomic mass is 10.1. The van der Waals surface area contributed by atoms with Gasteiger partial charge in [0.2, 0.25) is 5.91 Å². The normalized spacial score (nSPS) is 18.2. The molecular weight excluding hydrogens is 307 g/mol. The average molecular weight is 329 g/mol. The van der Waals surface area contributed by atoms with E-state index in [0.29, 0.717) is 38.5 Å². The zero-order valence-corrected chi connectivity index (χ0v) is 13.2. The second kappa shape index (κ2) is 7.81.